The van der Waals surface area contributed by atoms with Gasteiger partial charge in [-0.05, 0) is 31.5 Å². The number of halogens is 1. The first-order valence-corrected chi connectivity index (χ1v) is 8.53. The molecule has 1 heterocycles. The Hall–Kier alpha value is -2.54. The highest BCUT2D eigenvalue weighted by Gasteiger charge is 2.49. The van der Waals surface area contributed by atoms with Crippen LogP contribution in [-0.4, -0.2) is 30.8 Å². The molecular formula is C18H17ClO7. The minimum atomic E-state index is -1.09. The topological polar surface area (TPSA) is 92.0 Å². The predicted octanol–water partition coefficient (Wildman–Crippen LogP) is 3.97. The van der Waals surface area contributed by atoms with E-state index in [1.54, 1.807) is 19.1 Å². The molecule has 1 aliphatic carbocycles. The van der Waals surface area contributed by atoms with Crippen LogP contribution in [0.4, 0.5) is 4.79 Å². The van der Waals surface area contributed by atoms with E-state index >= 15 is 0 Å². The molecule has 7 nitrogen and oxygen atoms in total. The summed E-state index contributed by atoms with van der Waals surface area (Å²) >= 11 is 6.12. The number of carbonyl (C=O) groups is 3. The zero-order valence-electron chi connectivity index (χ0n) is 14.2. The second kappa shape index (κ2) is 7.37. The van der Waals surface area contributed by atoms with Gasteiger partial charge < -0.3 is 18.6 Å². The lowest BCUT2D eigenvalue weighted by Gasteiger charge is -2.13. The fraction of sp³-hybridized carbons (Fsp3) is 0.389. The molecule has 1 saturated carbocycles. The Balaban J connectivity index is 1.59. The Bertz CT molecular complexity index is 856. The maximum atomic E-state index is 12.6. The molecule has 3 rings (SSSR count). The largest absolute Gasteiger partial charge is 0.511 e. The second-order valence-corrected chi connectivity index (χ2v) is 6.32. The van der Waals surface area contributed by atoms with Crippen molar-refractivity contribution in [3.63, 3.8) is 0 Å². The summed E-state index contributed by atoms with van der Waals surface area (Å²) in [5.41, 5.74) is 0.930. The molecule has 3 unspecified atom stereocenters. The van der Waals surface area contributed by atoms with Gasteiger partial charge in [-0.1, -0.05) is 11.6 Å². The Kier molecular flexibility index (Phi) is 5.18. The molecule has 0 saturated heterocycles. The third-order valence-corrected chi connectivity index (χ3v) is 4.31. The fourth-order valence-electron chi connectivity index (χ4n) is 2.70. The average molecular weight is 381 g/mol. The Morgan fingerprint density at radius 1 is 1.27 bits per heavy atom. The number of ketones is 1. The summed E-state index contributed by atoms with van der Waals surface area (Å²) in [5, 5.41) is 1.06. The van der Waals surface area contributed by atoms with Crippen molar-refractivity contribution in [2.24, 2.45) is 11.8 Å². The van der Waals surface area contributed by atoms with Gasteiger partial charge in [0.15, 0.2) is 11.4 Å². The van der Waals surface area contributed by atoms with Gasteiger partial charge in [-0.15, -0.1) is 0 Å². The predicted molar refractivity (Wildman–Crippen MR) is 90.8 cm³/mol. The van der Waals surface area contributed by atoms with Crippen molar-refractivity contribution in [2.75, 3.05) is 6.61 Å². The van der Waals surface area contributed by atoms with Crippen LogP contribution in [0, 0.1) is 11.8 Å². The van der Waals surface area contributed by atoms with Gasteiger partial charge in [-0.3, -0.25) is 9.59 Å². The third-order valence-electron chi connectivity index (χ3n) is 4.03. The summed E-state index contributed by atoms with van der Waals surface area (Å²) in [7, 11) is 0. The Morgan fingerprint density at radius 2 is 2.04 bits per heavy atom. The van der Waals surface area contributed by atoms with Crippen molar-refractivity contribution in [3.8, 4) is 0 Å². The van der Waals surface area contributed by atoms with Crippen LogP contribution in [0.2, 0.25) is 5.02 Å². The molecule has 1 aliphatic rings. The van der Waals surface area contributed by atoms with Gasteiger partial charge in [0, 0.05) is 23.8 Å². The molecule has 1 aromatic carbocycles. The lowest BCUT2D eigenvalue weighted by atomic mass is 10.0. The molecule has 26 heavy (non-hydrogen) atoms. The van der Waals surface area contributed by atoms with Crippen molar-refractivity contribution in [1.82, 2.24) is 0 Å². The standard InChI is InChI=1S/C18H17ClO7/c1-3-23-18(22)26-9(2)25-17(21)13-8-12(13)15(20)11-6-10-4-5-24-16(10)14(19)7-11/h4-7,9,12-13H,3,8H2,1-2H3. The highest BCUT2D eigenvalue weighted by molar-refractivity contribution is 6.35. The maximum absolute atomic E-state index is 12.6. The lowest BCUT2D eigenvalue weighted by molar-refractivity contribution is -0.169. The van der Waals surface area contributed by atoms with Crippen molar-refractivity contribution in [1.29, 1.82) is 0 Å². The average Bonchev–Trinajstić information content (AvgIpc) is 3.23. The highest BCUT2D eigenvalue weighted by Crippen LogP contribution is 2.43. The van der Waals surface area contributed by atoms with Crippen LogP contribution in [0.1, 0.15) is 30.6 Å². The number of hydrogen-bond donors (Lipinski definition) is 0. The summed E-state index contributed by atoms with van der Waals surface area (Å²) in [4.78, 5) is 35.9. The van der Waals surface area contributed by atoms with Crippen molar-refractivity contribution in [3.05, 3.63) is 35.0 Å². The number of Topliss-reactive ketones (excluding diaryl/α,β-unsaturated/α-hetero) is 1. The van der Waals surface area contributed by atoms with Crippen molar-refractivity contribution in [2.45, 2.75) is 26.6 Å². The molecule has 1 fully saturated rings. The quantitative estimate of drug-likeness (QED) is 0.425. The molecule has 138 valence electrons. The SMILES string of the molecule is CCOC(=O)OC(C)OC(=O)C1CC1C(=O)c1cc(Cl)c2occc2c1. The van der Waals surface area contributed by atoms with E-state index in [1.165, 1.54) is 19.3 Å². The molecular weight excluding hydrogens is 364 g/mol. The van der Waals surface area contributed by atoms with Gasteiger partial charge in [0.05, 0.1) is 23.8 Å². The first-order chi connectivity index (χ1) is 12.4. The van der Waals surface area contributed by atoms with E-state index in [2.05, 4.69) is 4.74 Å². The smallest absolute Gasteiger partial charge is 0.463 e. The molecule has 0 spiro atoms. The normalized spacial score (nSPS) is 19.7. The molecule has 1 aromatic heterocycles. The third kappa shape index (κ3) is 3.83. The van der Waals surface area contributed by atoms with E-state index in [0.29, 0.717) is 22.6 Å². The monoisotopic (exact) mass is 380 g/mol. The van der Waals surface area contributed by atoms with Gasteiger partial charge in [0.25, 0.3) is 0 Å². The first kappa shape index (κ1) is 18.3. The van der Waals surface area contributed by atoms with Crippen molar-refractivity contribution < 1.29 is 33.0 Å². The molecule has 2 aromatic rings. The number of ether oxygens (including phenoxy) is 3. The van der Waals surface area contributed by atoms with Crippen LogP contribution in [-0.2, 0) is 19.0 Å². The number of rotatable bonds is 6. The molecule has 0 N–H and O–H groups in total. The summed E-state index contributed by atoms with van der Waals surface area (Å²) < 4.78 is 19.6. The van der Waals surface area contributed by atoms with E-state index in [9.17, 15) is 14.4 Å². The van der Waals surface area contributed by atoms with Crippen LogP contribution < -0.4 is 0 Å². The number of furan rings is 1. The highest BCUT2D eigenvalue weighted by atomic mass is 35.5. The van der Waals surface area contributed by atoms with Crippen LogP contribution in [0.15, 0.2) is 28.9 Å². The summed E-state index contributed by atoms with van der Waals surface area (Å²) in [6.45, 7) is 3.19. The number of esters is 1. The van der Waals surface area contributed by atoms with Gasteiger partial charge in [0.2, 0.25) is 6.29 Å². The van der Waals surface area contributed by atoms with Gasteiger partial charge in [0.1, 0.15) is 0 Å². The lowest BCUT2D eigenvalue weighted by Crippen LogP contribution is -2.24. The Morgan fingerprint density at radius 3 is 2.77 bits per heavy atom. The number of hydrogen-bond acceptors (Lipinski definition) is 7. The second-order valence-electron chi connectivity index (χ2n) is 5.92. The van der Waals surface area contributed by atoms with E-state index in [0.717, 1.165) is 5.39 Å². The van der Waals surface area contributed by atoms with Gasteiger partial charge >= 0.3 is 12.1 Å². The summed E-state index contributed by atoms with van der Waals surface area (Å²) in [6.07, 6.45) is -0.133. The number of benzene rings is 1. The van der Waals surface area contributed by atoms with Crippen LogP contribution >= 0.6 is 11.6 Å². The summed E-state index contributed by atoms with van der Waals surface area (Å²) in [6, 6.07) is 4.92. The maximum Gasteiger partial charge on any atom is 0.511 e. The molecule has 8 heteroatoms. The van der Waals surface area contributed by atoms with Gasteiger partial charge in [-0.2, -0.15) is 0 Å². The van der Waals surface area contributed by atoms with E-state index < -0.39 is 30.3 Å². The first-order valence-electron chi connectivity index (χ1n) is 8.15. The molecule has 0 amide bonds. The molecule has 0 bridgehead atoms. The number of carbonyl (C=O) groups excluding carboxylic acids is 3. The zero-order valence-corrected chi connectivity index (χ0v) is 14.9. The molecule has 0 aliphatic heterocycles. The van der Waals surface area contributed by atoms with E-state index in [1.807, 2.05) is 0 Å². The van der Waals surface area contributed by atoms with Crippen LogP contribution in [0.5, 0.6) is 0 Å². The molecule has 0 radical (unpaired) electrons. The molecule has 3 atom stereocenters. The Labute approximate surface area is 154 Å². The zero-order chi connectivity index (χ0) is 18.8. The van der Waals surface area contributed by atoms with Crippen molar-refractivity contribution >= 4 is 40.5 Å². The number of fused-ring (bicyclic) bond motifs is 1. The van der Waals surface area contributed by atoms with E-state index in [-0.39, 0.29) is 12.4 Å². The fourth-order valence-corrected chi connectivity index (χ4v) is 2.97. The minimum Gasteiger partial charge on any atom is -0.463 e. The van der Waals surface area contributed by atoms with Gasteiger partial charge in [-0.25, -0.2) is 4.79 Å². The van der Waals surface area contributed by atoms with Crippen LogP contribution in [0.25, 0.3) is 11.0 Å². The van der Waals surface area contributed by atoms with E-state index in [4.69, 9.17) is 25.5 Å². The summed E-state index contributed by atoms with van der Waals surface area (Å²) in [5.74, 6) is -1.81. The van der Waals surface area contributed by atoms with Crippen LogP contribution in [0.3, 0.4) is 0 Å². The minimum absolute atomic E-state index is 0.155.